The third-order valence-corrected chi connectivity index (χ3v) is 11.2. The number of esters is 2. The number of nitrogen functional groups attached to an aromatic ring is 1. The highest BCUT2D eigenvalue weighted by Crippen LogP contribution is 2.41. The molecule has 306 valence electrons. The summed E-state index contributed by atoms with van der Waals surface area (Å²) in [5, 5.41) is 8.91. The Kier molecular flexibility index (Phi) is 15.3. The van der Waals surface area contributed by atoms with Gasteiger partial charge in [-0.3, -0.25) is 14.2 Å². The fraction of sp³-hybridized carbons (Fsp3) is 0.725. The Morgan fingerprint density at radius 3 is 1.82 bits per heavy atom. The molecule has 2 unspecified atom stereocenters. The minimum Gasteiger partial charge on any atom is -0.466 e. The van der Waals surface area contributed by atoms with Crippen LogP contribution in [0.5, 0.6) is 0 Å². The molecule has 0 amide bonds. The molecule has 2 N–H and O–H groups in total. The average molecular weight is 771 g/mol. The van der Waals surface area contributed by atoms with Crippen molar-refractivity contribution >= 4 is 29.1 Å². The van der Waals surface area contributed by atoms with E-state index in [9.17, 15) is 14.4 Å². The van der Waals surface area contributed by atoms with Crippen molar-refractivity contribution in [3.63, 3.8) is 0 Å². The Bertz CT molecular complexity index is 1540. The molecule has 15 nitrogen and oxygen atoms in total. The Morgan fingerprint density at radius 1 is 0.800 bits per heavy atom. The number of nitrogens with two attached hydrogens (primary N) is 1. The lowest BCUT2D eigenvalue weighted by Gasteiger charge is -2.38. The van der Waals surface area contributed by atoms with E-state index in [-0.39, 0.29) is 29.2 Å². The summed E-state index contributed by atoms with van der Waals surface area (Å²) in [7, 11) is 0. The predicted octanol–water partition coefficient (Wildman–Crippen LogP) is 5.71. The number of ketones is 1. The molecule has 2 atom stereocenters. The van der Waals surface area contributed by atoms with Crippen molar-refractivity contribution in [2.75, 3.05) is 56.8 Å². The van der Waals surface area contributed by atoms with Crippen LogP contribution in [0.15, 0.2) is 36.9 Å². The highest BCUT2D eigenvalue weighted by atomic mass is 16.7. The molecule has 7 rings (SSSR count). The number of carbonyl (C=O) groups excluding carboxylic acids is 3. The molecule has 5 fully saturated rings. The zero-order chi connectivity index (χ0) is 39.4. The fourth-order valence-corrected chi connectivity index (χ4v) is 8.00. The molecule has 3 saturated heterocycles. The van der Waals surface area contributed by atoms with Gasteiger partial charge in [-0.25, -0.2) is 4.79 Å². The van der Waals surface area contributed by atoms with Crippen LogP contribution < -0.4 is 10.6 Å². The predicted molar refractivity (Wildman–Crippen MR) is 205 cm³/mol. The van der Waals surface area contributed by atoms with E-state index < -0.39 is 5.97 Å². The van der Waals surface area contributed by atoms with Gasteiger partial charge in [0.2, 0.25) is 0 Å². The van der Waals surface area contributed by atoms with E-state index in [0.717, 1.165) is 88.8 Å². The molecule has 2 aromatic rings. The van der Waals surface area contributed by atoms with Crippen LogP contribution in [0.1, 0.15) is 117 Å². The van der Waals surface area contributed by atoms with Crippen LogP contribution in [0.2, 0.25) is 0 Å². The van der Waals surface area contributed by atoms with Gasteiger partial charge in [0, 0.05) is 62.7 Å². The van der Waals surface area contributed by atoms with Gasteiger partial charge in [-0.1, -0.05) is 6.58 Å². The quantitative estimate of drug-likeness (QED) is 0.230. The number of carbonyl (C=O) groups is 3. The van der Waals surface area contributed by atoms with E-state index in [1.54, 1.807) is 13.1 Å². The van der Waals surface area contributed by atoms with Gasteiger partial charge in [0.05, 0.1) is 81.4 Å². The van der Waals surface area contributed by atoms with Crippen molar-refractivity contribution in [3.05, 3.63) is 36.9 Å². The van der Waals surface area contributed by atoms with E-state index in [2.05, 4.69) is 44.2 Å². The van der Waals surface area contributed by atoms with Gasteiger partial charge in [0.15, 0.2) is 11.6 Å². The average Bonchev–Trinajstić information content (AvgIpc) is 4.02. The molecular formula is C40H62N6O9. The second kappa shape index (κ2) is 19.9. The molecule has 0 radical (unpaired) electrons. The molecule has 3 aliphatic heterocycles. The van der Waals surface area contributed by atoms with Crippen molar-refractivity contribution < 1.29 is 42.8 Å². The Balaban J connectivity index is 0.000000176. The largest absolute Gasteiger partial charge is 0.466 e. The van der Waals surface area contributed by atoms with Crippen molar-refractivity contribution in [2.24, 2.45) is 5.92 Å². The summed E-state index contributed by atoms with van der Waals surface area (Å²) in [6, 6.07) is 1.23. The number of rotatable bonds is 10. The molecule has 2 aromatic heterocycles. The number of hydrogen-bond donors (Lipinski definition) is 1. The number of nitrogens with zero attached hydrogens (tertiary/aromatic N) is 5. The molecule has 0 bridgehead atoms. The topological polar surface area (TPSA) is 171 Å². The first kappa shape index (κ1) is 42.4. The van der Waals surface area contributed by atoms with Crippen LogP contribution in [0.4, 0.5) is 11.4 Å². The zero-order valence-electron chi connectivity index (χ0n) is 33.2. The first-order valence-electron chi connectivity index (χ1n) is 20.1. The van der Waals surface area contributed by atoms with E-state index in [0.29, 0.717) is 69.5 Å². The lowest BCUT2D eigenvalue weighted by Crippen LogP contribution is -2.44. The highest BCUT2D eigenvalue weighted by molar-refractivity contribution is 5.88. The molecule has 5 aliphatic rings. The number of Topliss-reactive ketones (excluding diaryl/α,β-unsaturated/α-hetero) is 1. The molecule has 15 heteroatoms. The van der Waals surface area contributed by atoms with E-state index in [1.165, 1.54) is 6.92 Å². The molecule has 2 saturated carbocycles. The molecule has 0 aromatic carbocycles. The molecule has 55 heavy (non-hydrogen) atoms. The van der Waals surface area contributed by atoms with Crippen LogP contribution in [-0.4, -0.2) is 101 Å². The highest BCUT2D eigenvalue weighted by Gasteiger charge is 2.42. The minimum atomic E-state index is -0.404. The van der Waals surface area contributed by atoms with Crippen LogP contribution >= 0.6 is 0 Å². The van der Waals surface area contributed by atoms with Crippen LogP contribution in [0.3, 0.4) is 0 Å². The standard InChI is InChI=1S/C20H31N3O4.C11H17N3O2.C9H14O3/c1-3-25-19(24)16-5-4-15(2)22(13-16)18-12-21-23(14-18)17-6-8-20(9-7-17)26-10-11-27-20;12-9-7-13-14(8-9)10-1-3-11(4-2-10)15-5-6-16-11;1-4-12-9(11)7(2)5-6-8(3)10/h12,14-17H,3-11,13H2,1-2H3;7-8,10H,1-6,12H2;2,4-6H2,1,3H3. The summed E-state index contributed by atoms with van der Waals surface area (Å²) < 4.78 is 37.0. The smallest absolute Gasteiger partial charge is 0.333 e. The van der Waals surface area contributed by atoms with Gasteiger partial charge >= 0.3 is 11.9 Å². The molecule has 5 heterocycles. The monoisotopic (exact) mass is 770 g/mol. The fourth-order valence-electron chi connectivity index (χ4n) is 8.00. The van der Waals surface area contributed by atoms with Crippen LogP contribution in [0.25, 0.3) is 0 Å². The SMILES string of the molecule is C=C(CCC(C)=O)C(=O)OCC.CCOC(=O)C1CCC(C)N(c2cnn(C3CCC4(CC3)OCCO4)c2)C1.Nc1cnn(C2CCC3(CC2)OCCO3)c1. The van der Waals surface area contributed by atoms with Crippen molar-refractivity contribution in [3.8, 4) is 0 Å². The summed E-state index contributed by atoms with van der Waals surface area (Å²) in [6.07, 6.45) is 18.2. The number of hydrogen-bond acceptors (Lipinski definition) is 13. The zero-order valence-corrected chi connectivity index (χ0v) is 33.2. The molecular weight excluding hydrogens is 708 g/mol. The third kappa shape index (κ3) is 11.6. The lowest BCUT2D eigenvalue weighted by molar-refractivity contribution is -0.182. The second-order valence-electron chi connectivity index (χ2n) is 15.2. The Hall–Kier alpha value is -3.79. The number of anilines is 2. The maximum atomic E-state index is 12.2. The van der Waals surface area contributed by atoms with Gasteiger partial charge in [0.25, 0.3) is 0 Å². The van der Waals surface area contributed by atoms with E-state index >= 15 is 0 Å². The van der Waals surface area contributed by atoms with Gasteiger partial charge in [-0.05, 0) is 72.6 Å². The first-order valence-corrected chi connectivity index (χ1v) is 20.1. The van der Waals surface area contributed by atoms with Crippen molar-refractivity contribution in [1.29, 1.82) is 0 Å². The molecule has 2 aliphatic carbocycles. The summed E-state index contributed by atoms with van der Waals surface area (Å²) in [5.74, 6) is -1.08. The summed E-state index contributed by atoms with van der Waals surface area (Å²) in [4.78, 5) is 35.9. The number of aromatic nitrogens is 4. The van der Waals surface area contributed by atoms with Crippen molar-refractivity contribution in [2.45, 2.75) is 134 Å². The number of ether oxygens (including phenoxy) is 6. The third-order valence-electron chi connectivity index (χ3n) is 11.2. The Labute approximate surface area is 325 Å². The van der Waals surface area contributed by atoms with Crippen LogP contribution in [0, 0.1) is 5.92 Å². The summed E-state index contributed by atoms with van der Waals surface area (Å²) in [5.41, 5.74) is 7.87. The van der Waals surface area contributed by atoms with Gasteiger partial charge < -0.3 is 43.8 Å². The lowest BCUT2D eigenvalue weighted by atomic mass is 9.90. The van der Waals surface area contributed by atoms with E-state index in [1.807, 2.05) is 24.0 Å². The number of piperidine rings is 1. The maximum absolute atomic E-state index is 12.2. The maximum Gasteiger partial charge on any atom is 0.333 e. The Morgan fingerprint density at radius 2 is 1.33 bits per heavy atom. The minimum absolute atomic E-state index is 0.0456. The van der Waals surface area contributed by atoms with E-state index in [4.69, 9.17) is 29.4 Å². The first-order chi connectivity index (χ1) is 26.4. The normalized spacial score (nSPS) is 24.4. The molecule has 2 spiro atoms. The summed E-state index contributed by atoms with van der Waals surface area (Å²) >= 11 is 0. The van der Waals surface area contributed by atoms with Crippen LogP contribution in [-0.2, 0) is 42.8 Å². The second-order valence-corrected chi connectivity index (χ2v) is 15.2. The van der Waals surface area contributed by atoms with Crippen molar-refractivity contribution in [1.82, 2.24) is 19.6 Å². The van der Waals surface area contributed by atoms with Gasteiger partial charge in [-0.2, -0.15) is 10.2 Å². The summed E-state index contributed by atoms with van der Waals surface area (Å²) in [6.45, 7) is 15.2. The van der Waals surface area contributed by atoms with Gasteiger partial charge in [0.1, 0.15) is 5.78 Å². The van der Waals surface area contributed by atoms with Gasteiger partial charge in [-0.15, -0.1) is 0 Å².